The summed E-state index contributed by atoms with van der Waals surface area (Å²) < 4.78 is 0. The van der Waals surface area contributed by atoms with E-state index in [0.29, 0.717) is 0 Å². The molecular formula is C20H25N3O2. The van der Waals surface area contributed by atoms with Gasteiger partial charge in [0.05, 0.1) is 13.1 Å². The lowest BCUT2D eigenvalue weighted by Crippen LogP contribution is -2.41. The van der Waals surface area contributed by atoms with Gasteiger partial charge in [-0.3, -0.25) is 14.5 Å². The maximum atomic E-state index is 12.1. The topological polar surface area (TPSA) is 61.4 Å². The zero-order valence-corrected chi connectivity index (χ0v) is 15.0. The number of carbonyl (C=O) groups is 2. The summed E-state index contributed by atoms with van der Waals surface area (Å²) in [7, 11) is 1.75. The Labute approximate surface area is 149 Å². The molecule has 2 rings (SSSR count). The van der Waals surface area contributed by atoms with Crippen LogP contribution in [0.5, 0.6) is 0 Å². The normalized spacial score (nSPS) is 10.8. The van der Waals surface area contributed by atoms with Crippen molar-refractivity contribution in [2.24, 2.45) is 0 Å². The van der Waals surface area contributed by atoms with Crippen LogP contribution in [0.3, 0.4) is 0 Å². The summed E-state index contributed by atoms with van der Waals surface area (Å²) in [6.07, 6.45) is 0. The Morgan fingerprint density at radius 3 is 2.04 bits per heavy atom. The van der Waals surface area contributed by atoms with E-state index in [1.807, 2.05) is 68.4 Å². The first-order valence-electron chi connectivity index (χ1n) is 8.37. The van der Waals surface area contributed by atoms with Crippen molar-refractivity contribution >= 4 is 17.5 Å². The largest absolute Gasteiger partial charge is 0.353 e. The van der Waals surface area contributed by atoms with E-state index in [4.69, 9.17) is 0 Å². The standard InChI is InChI=1S/C20H25N3O2/c1-15(2)21-19(24)13-23(3)14-20(25)22-18-11-9-17(10-12-18)16-7-5-4-6-8-16/h4-12,15H,13-14H2,1-3H3,(H,21,24)(H,22,25). The lowest BCUT2D eigenvalue weighted by molar-refractivity contribution is -0.123. The Morgan fingerprint density at radius 2 is 1.44 bits per heavy atom. The molecule has 0 aliphatic carbocycles. The molecule has 0 spiro atoms. The Hall–Kier alpha value is -2.66. The minimum atomic E-state index is -0.146. The number of likely N-dealkylation sites (N-methyl/N-ethyl adjacent to an activating group) is 1. The fourth-order valence-corrected chi connectivity index (χ4v) is 2.49. The fraction of sp³-hybridized carbons (Fsp3) is 0.300. The SMILES string of the molecule is CC(C)NC(=O)CN(C)CC(=O)Nc1ccc(-c2ccccc2)cc1. The van der Waals surface area contributed by atoms with Gasteiger partial charge in [0.25, 0.3) is 0 Å². The number of nitrogens with one attached hydrogen (secondary N) is 2. The van der Waals surface area contributed by atoms with Crippen molar-refractivity contribution in [3.05, 3.63) is 54.6 Å². The summed E-state index contributed by atoms with van der Waals surface area (Å²) in [4.78, 5) is 25.5. The number of rotatable bonds is 7. The molecule has 132 valence electrons. The first kappa shape index (κ1) is 18.7. The van der Waals surface area contributed by atoms with E-state index in [2.05, 4.69) is 10.6 Å². The molecule has 2 amide bonds. The van der Waals surface area contributed by atoms with Crippen LogP contribution in [0, 0.1) is 0 Å². The molecule has 0 unspecified atom stereocenters. The summed E-state index contributed by atoms with van der Waals surface area (Å²) >= 11 is 0. The highest BCUT2D eigenvalue weighted by Crippen LogP contribution is 2.20. The molecule has 5 heteroatoms. The van der Waals surface area contributed by atoms with Crippen LogP contribution < -0.4 is 10.6 Å². The number of nitrogens with zero attached hydrogens (tertiary/aromatic N) is 1. The summed E-state index contributed by atoms with van der Waals surface area (Å²) in [5.41, 5.74) is 2.97. The molecule has 25 heavy (non-hydrogen) atoms. The molecule has 0 bridgehead atoms. The van der Waals surface area contributed by atoms with Crippen molar-refractivity contribution < 1.29 is 9.59 Å². The molecule has 5 nitrogen and oxygen atoms in total. The predicted molar refractivity (Wildman–Crippen MR) is 101 cm³/mol. The maximum Gasteiger partial charge on any atom is 0.238 e. The highest BCUT2D eigenvalue weighted by molar-refractivity contribution is 5.92. The molecule has 0 fully saturated rings. The van der Waals surface area contributed by atoms with Crippen LogP contribution in [0.15, 0.2) is 54.6 Å². The molecule has 2 N–H and O–H groups in total. The minimum absolute atomic E-state index is 0.0856. The Bertz CT molecular complexity index is 697. The van der Waals surface area contributed by atoms with Crippen molar-refractivity contribution in [3.63, 3.8) is 0 Å². The first-order chi connectivity index (χ1) is 11.9. The maximum absolute atomic E-state index is 12.1. The van der Waals surface area contributed by atoms with E-state index < -0.39 is 0 Å². The van der Waals surface area contributed by atoms with Crippen molar-refractivity contribution in [2.75, 3.05) is 25.5 Å². The summed E-state index contributed by atoms with van der Waals surface area (Å²) in [5, 5.41) is 5.66. The molecule has 0 aliphatic heterocycles. The Balaban J connectivity index is 1.85. The van der Waals surface area contributed by atoms with Crippen LogP contribution in [0.2, 0.25) is 0 Å². The quantitative estimate of drug-likeness (QED) is 0.815. The number of amides is 2. The summed E-state index contributed by atoms with van der Waals surface area (Å²) in [5.74, 6) is -0.232. The third-order valence-electron chi connectivity index (χ3n) is 3.55. The average Bonchev–Trinajstić information content (AvgIpc) is 2.55. The number of anilines is 1. The molecule has 2 aromatic rings. The van der Waals surface area contributed by atoms with E-state index in [0.717, 1.165) is 16.8 Å². The van der Waals surface area contributed by atoms with Gasteiger partial charge in [0, 0.05) is 11.7 Å². The van der Waals surface area contributed by atoms with Crippen molar-refractivity contribution in [3.8, 4) is 11.1 Å². The third-order valence-corrected chi connectivity index (χ3v) is 3.55. The van der Waals surface area contributed by atoms with Gasteiger partial charge >= 0.3 is 0 Å². The van der Waals surface area contributed by atoms with Gasteiger partial charge in [0.15, 0.2) is 0 Å². The molecule has 0 aliphatic rings. The van der Waals surface area contributed by atoms with E-state index in [1.54, 1.807) is 11.9 Å². The second-order valence-electron chi connectivity index (χ2n) is 6.39. The van der Waals surface area contributed by atoms with Crippen molar-refractivity contribution in [1.82, 2.24) is 10.2 Å². The van der Waals surface area contributed by atoms with Crippen LogP contribution >= 0.6 is 0 Å². The minimum Gasteiger partial charge on any atom is -0.353 e. The van der Waals surface area contributed by atoms with Crippen molar-refractivity contribution in [2.45, 2.75) is 19.9 Å². The molecular weight excluding hydrogens is 314 g/mol. The number of hydrogen-bond acceptors (Lipinski definition) is 3. The highest BCUT2D eigenvalue weighted by atomic mass is 16.2. The monoisotopic (exact) mass is 339 g/mol. The average molecular weight is 339 g/mol. The van der Waals surface area contributed by atoms with E-state index in [9.17, 15) is 9.59 Å². The highest BCUT2D eigenvalue weighted by Gasteiger charge is 2.11. The molecule has 0 saturated carbocycles. The van der Waals surface area contributed by atoms with Gasteiger partial charge < -0.3 is 10.6 Å². The molecule has 0 atom stereocenters. The van der Waals surface area contributed by atoms with Crippen LogP contribution in [0.25, 0.3) is 11.1 Å². The molecule has 0 heterocycles. The molecule has 0 radical (unpaired) electrons. The van der Waals surface area contributed by atoms with E-state index in [-0.39, 0.29) is 30.9 Å². The Morgan fingerprint density at radius 1 is 0.880 bits per heavy atom. The number of hydrogen-bond donors (Lipinski definition) is 2. The van der Waals surface area contributed by atoms with Gasteiger partial charge in [0.2, 0.25) is 11.8 Å². The first-order valence-corrected chi connectivity index (χ1v) is 8.37. The van der Waals surface area contributed by atoms with Gasteiger partial charge in [-0.25, -0.2) is 0 Å². The van der Waals surface area contributed by atoms with Crippen LogP contribution in [0.4, 0.5) is 5.69 Å². The van der Waals surface area contributed by atoms with E-state index >= 15 is 0 Å². The molecule has 2 aromatic carbocycles. The van der Waals surface area contributed by atoms with Gasteiger partial charge in [-0.1, -0.05) is 42.5 Å². The second kappa shape index (κ2) is 8.99. The Kier molecular flexibility index (Phi) is 6.71. The van der Waals surface area contributed by atoms with Gasteiger partial charge in [-0.05, 0) is 44.2 Å². The number of benzene rings is 2. The van der Waals surface area contributed by atoms with Crippen LogP contribution in [-0.4, -0.2) is 42.9 Å². The lowest BCUT2D eigenvalue weighted by Gasteiger charge is -2.17. The lowest BCUT2D eigenvalue weighted by atomic mass is 10.1. The number of carbonyl (C=O) groups excluding carboxylic acids is 2. The van der Waals surface area contributed by atoms with Gasteiger partial charge in [-0.15, -0.1) is 0 Å². The third kappa shape index (κ3) is 6.39. The zero-order chi connectivity index (χ0) is 18.2. The van der Waals surface area contributed by atoms with Crippen LogP contribution in [-0.2, 0) is 9.59 Å². The fourth-order valence-electron chi connectivity index (χ4n) is 2.49. The molecule has 0 aromatic heterocycles. The van der Waals surface area contributed by atoms with Crippen LogP contribution in [0.1, 0.15) is 13.8 Å². The smallest absolute Gasteiger partial charge is 0.238 e. The second-order valence-corrected chi connectivity index (χ2v) is 6.39. The van der Waals surface area contributed by atoms with Crippen molar-refractivity contribution in [1.29, 1.82) is 0 Å². The summed E-state index contributed by atoms with van der Waals surface area (Å²) in [6, 6.07) is 17.9. The molecule has 0 saturated heterocycles. The van der Waals surface area contributed by atoms with Gasteiger partial charge in [0.1, 0.15) is 0 Å². The predicted octanol–water partition coefficient (Wildman–Crippen LogP) is 2.75. The zero-order valence-electron chi connectivity index (χ0n) is 15.0. The summed E-state index contributed by atoms with van der Waals surface area (Å²) in [6.45, 7) is 4.16. The van der Waals surface area contributed by atoms with E-state index in [1.165, 1.54) is 0 Å². The van der Waals surface area contributed by atoms with Gasteiger partial charge in [-0.2, -0.15) is 0 Å².